The van der Waals surface area contributed by atoms with E-state index in [1.54, 1.807) is 24.3 Å². The number of rotatable bonds is 2. The molecule has 0 spiro atoms. The van der Waals surface area contributed by atoms with Crippen LogP contribution in [0.2, 0.25) is 0 Å². The zero-order valence-corrected chi connectivity index (χ0v) is 9.57. The molecule has 0 aliphatic rings. The quantitative estimate of drug-likeness (QED) is 0.893. The van der Waals surface area contributed by atoms with Crippen LogP contribution in [0, 0.1) is 0 Å². The molecule has 1 aromatic heterocycles. The van der Waals surface area contributed by atoms with Gasteiger partial charge in [0.05, 0.1) is 0 Å². The summed E-state index contributed by atoms with van der Waals surface area (Å²) < 4.78 is 38.5. The number of benzene rings is 1. The van der Waals surface area contributed by atoms with Crippen LogP contribution >= 0.6 is 0 Å². The number of nitrogens with zero attached hydrogens (tertiary/aromatic N) is 3. The maximum absolute atomic E-state index is 12.5. The Morgan fingerprint density at radius 2 is 1.83 bits per heavy atom. The van der Waals surface area contributed by atoms with Crippen molar-refractivity contribution >= 4 is 0 Å². The standard InChI is InChI=1S/C11H11F3N4/c1-18-9(16-10(17-18)11(12,13)14)8-4-2-7(6-15)3-5-8/h2-5H,6,15H2,1H3. The molecule has 4 nitrogen and oxygen atoms in total. The average Bonchev–Trinajstić information content (AvgIpc) is 2.71. The number of halogens is 3. The summed E-state index contributed by atoms with van der Waals surface area (Å²) in [6, 6.07) is 6.84. The third kappa shape index (κ3) is 2.35. The summed E-state index contributed by atoms with van der Waals surface area (Å²) in [5.41, 5.74) is 6.92. The molecule has 0 saturated heterocycles. The molecule has 0 atom stereocenters. The van der Waals surface area contributed by atoms with Gasteiger partial charge in [0.25, 0.3) is 5.82 Å². The molecule has 2 N–H and O–H groups in total. The van der Waals surface area contributed by atoms with Gasteiger partial charge in [-0.05, 0) is 5.56 Å². The molecular weight excluding hydrogens is 245 g/mol. The maximum atomic E-state index is 12.5. The van der Waals surface area contributed by atoms with Gasteiger partial charge >= 0.3 is 6.18 Å². The van der Waals surface area contributed by atoms with Crippen LogP contribution in [-0.4, -0.2) is 14.8 Å². The number of aryl methyl sites for hydroxylation is 1. The van der Waals surface area contributed by atoms with Crippen LogP contribution in [0.15, 0.2) is 24.3 Å². The molecule has 0 fully saturated rings. The van der Waals surface area contributed by atoms with Crippen LogP contribution in [0.1, 0.15) is 11.4 Å². The van der Waals surface area contributed by atoms with E-state index >= 15 is 0 Å². The summed E-state index contributed by atoms with van der Waals surface area (Å²) >= 11 is 0. The number of alkyl halides is 3. The minimum Gasteiger partial charge on any atom is -0.326 e. The van der Waals surface area contributed by atoms with Gasteiger partial charge in [-0.15, -0.1) is 5.10 Å². The van der Waals surface area contributed by atoms with Gasteiger partial charge in [0.2, 0.25) is 0 Å². The Labute approximate surface area is 101 Å². The maximum Gasteiger partial charge on any atom is 0.453 e. The fraction of sp³-hybridized carbons (Fsp3) is 0.273. The molecular formula is C11H11F3N4. The SMILES string of the molecule is Cn1nc(C(F)(F)F)nc1-c1ccc(CN)cc1. The first-order chi connectivity index (χ1) is 8.41. The van der Waals surface area contributed by atoms with E-state index in [1.165, 1.54) is 7.05 Å². The fourth-order valence-corrected chi connectivity index (χ4v) is 1.55. The molecule has 2 rings (SSSR count). The van der Waals surface area contributed by atoms with E-state index in [0.29, 0.717) is 12.1 Å². The molecule has 0 unspecified atom stereocenters. The van der Waals surface area contributed by atoms with Crippen molar-refractivity contribution in [2.75, 3.05) is 0 Å². The molecule has 2 aromatic rings. The molecule has 1 heterocycles. The molecule has 7 heteroatoms. The molecule has 0 bridgehead atoms. The van der Waals surface area contributed by atoms with Crippen LogP contribution in [0.4, 0.5) is 13.2 Å². The van der Waals surface area contributed by atoms with Crippen LogP contribution in [-0.2, 0) is 19.8 Å². The second-order valence-corrected chi connectivity index (χ2v) is 3.78. The Kier molecular flexibility index (Phi) is 3.08. The smallest absolute Gasteiger partial charge is 0.326 e. The Hall–Kier alpha value is -1.89. The van der Waals surface area contributed by atoms with Crippen LogP contribution < -0.4 is 5.73 Å². The summed E-state index contributed by atoms with van der Waals surface area (Å²) in [6.07, 6.45) is -4.53. The summed E-state index contributed by atoms with van der Waals surface area (Å²) in [7, 11) is 1.43. The molecule has 0 aliphatic carbocycles. The molecule has 0 aliphatic heterocycles. The first-order valence-corrected chi connectivity index (χ1v) is 5.19. The Morgan fingerprint density at radius 1 is 1.22 bits per heavy atom. The van der Waals surface area contributed by atoms with E-state index in [-0.39, 0.29) is 5.82 Å². The zero-order valence-electron chi connectivity index (χ0n) is 9.57. The van der Waals surface area contributed by atoms with Crippen LogP contribution in [0.3, 0.4) is 0 Å². The Balaban J connectivity index is 2.41. The lowest BCUT2D eigenvalue weighted by Crippen LogP contribution is -2.08. The number of aromatic nitrogens is 3. The number of nitrogens with two attached hydrogens (primary N) is 1. The average molecular weight is 256 g/mol. The van der Waals surface area contributed by atoms with Gasteiger partial charge in [-0.1, -0.05) is 24.3 Å². The fourth-order valence-electron chi connectivity index (χ4n) is 1.55. The molecule has 96 valence electrons. The highest BCUT2D eigenvalue weighted by Crippen LogP contribution is 2.28. The first-order valence-electron chi connectivity index (χ1n) is 5.19. The lowest BCUT2D eigenvalue weighted by Gasteiger charge is -2.01. The molecule has 1 aromatic carbocycles. The van der Waals surface area contributed by atoms with Crippen molar-refractivity contribution in [1.82, 2.24) is 14.8 Å². The van der Waals surface area contributed by atoms with Gasteiger partial charge in [0, 0.05) is 19.2 Å². The van der Waals surface area contributed by atoms with Crippen molar-refractivity contribution in [1.29, 1.82) is 0 Å². The molecule has 0 amide bonds. The van der Waals surface area contributed by atoms with E-state index in [1.807, 2.05) is 0 Å². The van der Waals surface area contributed by atoms with Gasteiger partial charge in [0.1, 0.15) is 0 Å². The third-order valence-corrected chi connectivity index (χ3v) is 2.46. The summed E-state index contributed by atoms with van der Waals surface area (Å²) in [4.78, 5) is 3.50. The third-order valence-electron chi connectivity index (χ3n) is 2.46. The van der Waals surface area contributed by atoms with Gasteiger partial charge in [-0.3, -0.25) is 0 Å². The minimum absolute atomic E-state index is 0.172. The van der Waals surface area contributed by atoms with Gasteiger partial charge < -0.3 is 5.73 Å². The molecule has 0 radical (unpaired) electrons. The minimum atomic E-state index is -4.53. The molecule has 18 heavy (non-hydrogen) atoms. The topological polar surface area (TPSA) is 56.7 Å². The van der Waals surface area contributed by atoms with Crippen molar-refractivity contribution in [3.05, 3.63) is 35.7 Å². The highest BCUT2D eigenvalue weighted by Gasteiger charge is 2.36. The summed E-state index contributed by atoms with van der Waals surface area (Å²) in [5, 5.41) is 3.36. The number of hydrogen-bond donors (Lipinski definition) is 1. The van der Waals surface area contributed by atoms with Crippen molar-refractivity contribution in [3.8, 4) is 11.4 Å². The first kappa shape index (κ1) is 12.6. The highest BCUT2D eigenvalue weighted by atomic mass is 19.4. The van der Waals surface area contributed by atoms with Crippen molar-refractivity contribution < 1.29 is 13.2 Å². The Morgan fingerprint density at radius 3 is 2.28 bits per heavy atom. The lowest BCUT2D eigenvalue weighted by molar-refractivity contribution is -0.144. The monoisotopic (exact) mass is 256 g/mol. The summed E-state index contributed by atoms with van der Waals surface area (Å²) in [5.74, 6) is -0.964. The van der Waals surface area contributed by atoms with Gasteiger partial charge in [0.15, 0.2) is 5.82 Å². The normalized spacial score (nSPS) is 11.8. The lowest BCUT2D eigenvalue weighted by atomic mass is 10.1. The van der Waals surface area contributed by atoms with Crippen LogP contribution in [0.5, 0.6) is 0 Å². The van der Waals surface area contributed by atoms with E-state index in [9.17, 15) is 13.2 Å². The van der Waals surface area contributed by atoms with Gasteiger partial charge in [-0.25, -0.2) is 9.67 Å². The summed E-state index contributed by atoms with van der Waals surface area (Å²) in [6.45, 7) is 0.382. The van der Waals surface area contributed by atoms with Crippen molar-refractivity contribution in [3.63, 3.8) is 0 Å². The van der Waals surface area contributed by atoms with Crippen molar-refractivity contribution in [2.45, 2.75) is 12.7 Å². The van der Waals surface area contributed by atoms with Crippen molar-refractivity contribution in [2.24, 2.45) is 12.8 Å². The van der Waals surface area contributed by atoms with E-state index < -0.39 is 12.0 Å². The second kappa shape index (κ2) is 4.41. The predicted octanol–water partition coefficient (Wildman–Crippen LogP) is 1.96. The Bertz CT molecular complexity index is 542. The van der Waals surface area contributed by atoms with E-state index in [4.69, 9.17) is 5.73 Å². The highest BCUT2D eigenvalue weighted by molar-refractivity contribution is 5.55. The van der Waals surface area contributed by atoms with Crippen LogP contribution in [0.25, 0.3) is 11.4 Å². The largest absolute Gasteiger partial charge is 0.453 e. The number of hydrogen-bond acceptors (Lipinski definition) is 3. The van der Waals surface area contributed by atoms with E-state index in [2.05, 4.69) is 10.1 Å². The van der Waals surface area contributed by atoms with E-state index in [0.717, 1.165) is 10.2 Å². The predicted molar refractivity (Wildman–Crippen MR) is 59.3 cm³/mol. The zero-order chi connectivity index (χ0) is 13.3. The molecule has 0 saturated carbocycles. The van der Waals surface area contributed by atoms with Gasteiger partial charge in [-0.2, -0.15) is 13.2 Å². The second-order valence-electron chi connectivity index (χ2n) is 3.78.